The summed E-state index contributed by atoms with van der Waals surface area (Å²) in [5.41, 5.74) is 4.03. The lowest BCUT2D eigenvalue weighted by Crippen LogP contribution is -2.29. The van der Waals surface area contributed by atoms with Gasteiger partial charge in [0.25, 0.3) is 23.6 Å². The highest BCUT2D eigenvalue weighted by molar-refractivity contribution is 6.34. The summed E-state index contributed by atoms with van der Waals surface area (Å²) in [6, 6.07) is 35.2. The topological polar surface area (TPSA) is 112 Å². The molecule has 0 saturated carbocycles. The van der Waals surface area contributed by atoms with Gasteiger partial charge in [0.1, 0.15) is 46.0 Å². The van der Waals surface area contributed by atoms with Gasteiger partial charge in [-0.15, -0.1) is 0 Å². The fraction of sp³-hybridized carbons (Fsp3) is 0.149. The van der Waals surface area contributed by atoms with E-state index in [-0.39, 0.29) is 28.4 Å². The minimum Gasteiger partial charge on any atom is -0.457 e. The van der Waals surface area contributed by atoms with Crippen molar-refractivity contribution in [1.82, 2.24) is 4.90 Å². The molecular formula is C47H38N2O8. The first-order valence-corrected chi connectivity index (χ1v) is 18.4. The lowest BCUT2D eigenvalue weighted by Gasteiger charge is -2.23. The number of fused-ring (bicyclic) bond motifs is 2. The molecule has 4 amide bonds. The number of rotatable bonds is 9. The van der Waals surface area contributed by atoms with Crippen molar-refractivity contribution in [3.05, 3.63) is 160 Å². The molecule has 6 aromatic carbocycles. The van der Waals surface area contributed by atoms with Crippen molar-refractivity contribution in [2.24, 2.45) is 0 Å². The molecule has 10 heteroatoms. The Morgan fingerprint density at radius 2 is 0.877 bits per heavy atom. The molecule has 57 heavy (non-hydrogen) atoms. The van der Waals surface area contributed by atoms with Crippen LogP contribution in [0.25, 0.3) is 0 Å². The van der Waals surface area contributed by atoms with Gasteiger partial charge < -0.3 is 18.9 Å². The van der Waals surface area contributed by atoms with Gasteiger partial charge in [-0.2, -0.15) is 0 Å². The van der Waals surface area contributed by atoms with Crippen molar-refractivity contribution in [3.63, 3.8) is 0 Å². The number of hydrogen-bond acceptors (Lipinski definition) is 8. The number of amides is 4. The van der Waals surface area contributed by atoms with Gasteiger partial charge in [-0.05, 0) is 134 Å². The van der Waals surface area contributed by atoms with Crippen LogP contribution in [0.15, 0.2) is 121 Å². The molecule has 2 aliphatic rings. The SMILES string of the molecule is Cc1ccc(Oc2ccc(Oc3ccc(N4C(=O)c5ccc(Oc6ccc(Oc7ccc8c(c7)C(=O)N(C)C8=O)c(C(C)(C)C)c6)cc5C4=O)cc3)c(C)c2)cc1. The number of nitrogens with zero attached hydrogens (tertiary/aromatic N) is 2. The van der Waals surface area contributed by atoms with Gasteiger partial charge in [-0.3, -0.25) is 24.1 Å². The van der Waals surface area contributed by atoms with Gasteiger partial charge in [0.05, 0.1) is 27.9 Å². The Balaban J connectivity index is 0.956. The number of hydrogen-bond donors (Lipinski definition) is 0. The highest BCUT2D eigenvalue weighted by Gasteiger charge is 2.37. The summed E-state index contributed by atoms with van der Waals surface area (Å²) < 4.78 is 24.6. The Hall–Kier alpha value is -7.20. The number of benzene rings is 6. The summed E-state index contributed by atoms with van der Waals surface area (Å²) in [6.07, 6.45) is 0. The van der Waals surface area contributed by atoms with Crippen LogP contribution in [0.5, 0.6) is 46.0 Å². The van der Waals surface area contributed by atoms with Crippen LogP contribution in [0.2, 0.25) is 0 Å². The summed E-state index contributed by atoms with van der Waals surface area (Å²) in [7, 11) is 1.45. The van der Waals surface area contributed by atoms with Crippen molar-refractivity contribution < 1.29 is 38.1 Å². The zero-order valence-corrected chi connectivity index (χ0v) is 32.2. The zero-order chi connectivity index (χ0) is 40.2. The number of anilines is 1. The largest absolute Gasteiger partial charge is 0.457 e. The van der Waals surface area contributed by atoms with E-state index < -0.39 is 11.8 Å². The standard InChI is InChI=1S/C47H38N2O8/c1-27-7-11-30(12-8-27)54-32-17-21-41(28(2)23-32)56-31-13-9-29(10-14-31)49-45(52)37-20-15-33(24-39(37)46(49)53)55-35-18-22-42(40(26-35)47(3,4)5)57-34-16-19-36-38(25-34)44(51)48(6)43(36)50/h7-26H,1-6H3. The van der Waals surface area contributed by atoms with Crippen molar-refractivity contribution in [2.45, 2.75) is 40.0 Å². The van der Waals surface area contributed by atoms with E-state index in [1.54, 1.807) is 72.8 Å². The van der Waals surface area contributed by atoms with Gasteiger partial charge in [-0.25, -0.2) is 4.90 Å². The maximum atomic E-state index is 13.7. The zero-order valence-electron chi connectivity index (χ0n) is 32.2. The van der Waals surface area contributed by atoms with E-state index in [0.717, 1.165) is 32.2 Å². The Labute approximate surface area is 329 Å². The van der Waals surface area contributed by atoms with Crippen LogP contribution >= 0.6 is 0 Å². The highest BCUT2D eigenvalue weighted by atomic mass is 16.5. The van der Waals surface area contributed by atoms with Gasteiger partial charge >= 0.3 is 0 Å². The lowest BCUT2D eigenvalue weighted by molar-refractivity contribution is 0.0692. The molecule has 10 nitrogen and oxygen atoms in total. The first-order valence-electron chi connectivity index (χ1n) is 18.4. The molecule has 0 radical (unpaired) electrons. The minimum absolute atomic E-state index is 0.229. The van der Waals surface area contributed by atoms with Crippen LogP contribution in [-0.2, 0) is 5.41 Å². The van der Waals surface area contributed by atoms with Gasteiger partial charge in [-0.1, -0.05) is 38.5 Å². The molecule has 0 spiro atoms. The molecule has 2 aliphatic heterocycles. The third-order valence-corrected chi connectivity index (χ3v) is 9.87. The van der Waals surface area contributed by atoms with E-state index in [0.29, 0.717) is 57.1 Å². The van der Waals surface area contributed by atoms with Crippen LogP contribution < -0.4 is 23.8 Å². The third-order valence-electron chi connectivity index (χ3n) is 9.87. The lowest BCUT2D eigenvalue weighted by atomic mass is 9.86. The number of ether oxygens (including phenoxy) is 4. The van der Waals surface area contributed by atoms with E-state index in [4.69, 9.17) is 18.9 Å². The van der Waals surface area contributed by atoms with Crippen molar-refractivity contribution in [3.8, 4) is 46.0 Å². The van der Waals surface area contributed by atoms with Crippen LogP contribution in [-0.4, -0.2) is 35.6 Å². The first-order chi connectivity index (χ1) is 27.2. The molecular weight excluding hydrogens is 721 g/mol. The second-order valence-corrected chi connectivity index (χ2v) is 15.1. The molecule has 0 aromatic heterocycles. The Kier molecular flexibility index (Phi) is 9.12. The normalized spacial score (nSPS) is 13.5. The predicted octanol–water partition coefficient (Wildman–Crippen LogP) is 10.8. The molecule has 0 bridgehead atoms. The number of imide groups is 2. The van der Waals surface area contributed by atoms with Crippen LogP contribution in [0, 0.1) is 13.8 Å². The molecule has 2 heterocycles. The van der Waals surface area contributed by atoms with Crippen LogP contribution in [0.3, 0.4) is 0 Å². The molecule has 0 N–H and O–H groups in total. The van der Waals surface area contributed by atoms with E-state index in [1.807, 2.05) is 83.1 Å². The van der Waals surface area contributed by atoms with Gasteiger partial charge in [0, 0.05) is 12.6 Å². The summed E-state index contributed by atoms with van der Waals surface area (Å²) in [5, 5.41) is 0. The van der Waals surface area contributed by atoms with Crippen molar-refractivity contribution >= 4 is 29.3 Å². The van der Waals surface area contributed by atoms with E-state index in [2.05, 4.69) is 0 Å². The second-order valence-electron chi connectivity index (χ2n) is 15.1. The predicted molar refractivity (Wildman–Crippen MR) is 215 cm³/mol. The maximum Gasteiger partial charge on any atom is 0.266 e. The van der Waals surface area contributed by atoms with E-state index in [9.17, 15) is 19.2 Å². The summed E-state index contributed by atoms with van der Waals surface area (Å²) in [4.78, 5) is 54.3. The van der Waals surface area contributed by atoms with E-state index >= 15 is 0 Å². The molecule has 8 rings (SSSR count). The average molecular weight is 759 g/mol. The van der Waals surface area contributed by atoms with Crippen molar-refractivity contribution in [2.75, 3.05) is 11.9 Å². The van der Waals surface area contributed by atoms with Crippen molar-refractivity contribution in [1.29, 1.82) is 0 Å². The third kappa shape index (κ3) is 7.09. The number of carbonyl (C=O) groups excluding carboxylic acids is 4. The minimum atomic E-state index is -0.464. The summed E-state index contributed by atoms with van der Waals surface area (Å²) in [5.74, 6) is 2.86. The monoisotopic (exact) mass is 758 g/mol. The molecule has 0 fully saturated rings. The highest BCUT2D eigenvalue weighted by Crippen LogP contribution is 2.40. The maximum absolute atomic E-state index is 13.7. The van der Waals surface area contributed by atoms with Gasteiger partial charge in [0.2, 0.25) is 0 Å². The molecule has 0 aliphatic carbocycles. The Morgan fingerprint density at radius 3 is 1.53 bits per heavy atom. The van der Waals surface area contributed by atoms with E-state index in [1.165, 1.54) is 7.05 Å². The second kappa shape index (κ2) is 14.1. The molecule has 0 unspecified atom stereocenters. The van der Waals surface area contributed by atoms with Gasteiger partial charge in [0.15, 0.2) is 0 Å². The fourth-order valence-electron chi connectivity index (χ4n) is 6.77. The number of aryl methyl sites for hydroxylation is 2. The Bertz CT molecular complexity index is 2620. The van der Waals surface area contributed by atoms with Crippen LogP contribution in [0.1, 0.15) is 78.9 Å². The quantitative estimate of drug-likeness (QED) is 0.134. The molecule has 284 valence electrons. The molecule has 0 saturated heterocycles. The molecule has 6 aromatic rings. The van der Waals surface area contributed by atoms with Crippen LogP contribution in [0.4, 0.5) is 5.69 Å². The smallest absolute Gasteiger partial charge is 0.266 e. The number of carbonyl (C=O) groups is 4. The first kappa shape index (κ1) is 36.8. The summed E-state index contributed by atoms with van der Waals surface area (Å²) >= 11 is 0. The average Bonchev–Trinajstić information content (AvgIpc) is 3.56. The summed E-state index contributed by atoms with van der Waals surface area (Å²) in [6.45, 7) is 10.1. The molecule has 0 atom stereocenters. The fourth-order valence-corrected chi connectivity index (χ4v) is 6.77. The Morgan fingerprint density at radius 1 is 0.439 bits per heavy atom.